The lowest BCUT2D eigenvalue weighted by atomic mass is 10.2. The molecule has 1 saturated heterocycles. The molecular weight excluding hydrogens is 238 g/mol. The SMILES string of the molecule is CCNC(=O)CCNC(=O)CC1CSCCN1. The number of amides is 2. The fourth-order valence-corrected chi connectivity index (χ4v) is 2.60. The molecule has 2 amide bonds. The first kappa shape index (κ1) is 14.3. The molecule has 0 radical (unpaired) electrons. The second-order valence-corrected chi connectivity index (χ2v) is 5.13. The number of rotatable bonds is 6. The molecule has 1 heterocycles. The van der Waals surface area contributed by atoms with E-state index in [9.17, 15) is 9.59 Å². The van der Waals surface area contributed by atoms with Crippen molar-refractivity contribution in [2.24, 2.45) is 0 Å². The molecule has 0 saturated carbocycles. The van der Waals surface area contributed by atoms with Crippen LogP contribution in [-0.4, -0.2) is 49.0 Å². The molecule has 98 valence electrons. The Bertz CT molecular complexity index is 255. The first-order valence-electron chi connectivity index (χ1n) is 6.07. The van der Waals surface area contributed by atoms with Gasteiger partial charge in [0.15, 0.2) is 0 Å². The van der Waals surface area contributed by atoms with E-state index in [-0.39, 0.29) is 17.9 Å². The van der Waals surface area contributed by atoms with E-state index in [0.29, 0.717) is 25.9 Å². The van der Waals surface area contributed by atoms with Gasteiger partial charge < -0.3 is 16.0 Å². The van der Waals surface area contributed by atoms with Crippen LogP contribution < -0.4 is 16.0 Å². The smallest absolute Gasteiger partial charge is 0.221 e. The average molecular weight is 259 g/mol. The molecule has 0 spiro atoms. The van der Waals surface area contributed by atoms with Crippen LogP contribution in [0.3, 0.4) is 0 Å². The van der Waals surface area contributed by atoms with Gasteiger partial charge in [0, 0.05) is 50.0 Å². The molecule has 0 aromatic carbocycles. The fourth-order valence-electron chi connectivity index (χ4n) is 1.65. The van der Waals surface area contributed by atoms with E-state index in [2.05, 4.69) is 16.0 Å². The third kappa shape index (κ3) is 6.53. The summed E-state index contributed by atoms with van der Waals surface area (Å²) in [6.07, 6.45) is 0.856. The predicted molar refractivity (Wildman–Crippen MR) is 70.0 cm³/mol. The lowest BCUT2D eigenvalue weighted by molar-refractivity contribution is -0.122. The van der Waals surface area contributed by atoms with Crippen molar-refractivity contribution in [1.82, 2.24) is 16.0 Å². The fraction of sp³-hybridized carbons (Fsp3) is 0.818. The van der Waals surface area contributed by atoms with E-state index in [1.165, 1.54) is 0 Å². The van der Waals surface area contributed by atoms with Crippen LogP contribution in [0.15, 0.2) is 0 Å². The van der Waals surface area contributed by atoms with Crippen LogP contribution in [0, 0.1) is 0 Å². The maximum absolute atomic E-state index is 11.6. The van der Waals surface area contributed by atoms with Crippen LogP contribution in [0.25, 0.3) is 0 Å². The highest BCUT2D eigenvalue weighted by Crippen LogP contribution is 2.09. The second-order valence-electron chi connectivity index (χ2n) is 3.98. The van der Waals surface area contributed by atoms with Crippen LogP contribution in [0.2, 0.25) is 0 Å². The molecule has 0 bridgehead atoms. The molecule has 1 unspecified atom stereocenters. The highest BCUT2D eigenvalue weighted by molar-refractivity contribution is 7.99. The Morgan fingerprint density at radius 1 is 1.35 bits per heavy atom. The van der Waals surface area contributed by atoms with E-state index in [1.807, 2.05) is 18.7 Å². The van der Waals surface area contributed by atoms with Crippen molar-refractivity contribution in [3.63, 3.8) is 0 Å². The topological polar surface area (TPSA) is 70.2 Å². The lowest BCUT2D eigenvalue weighted by Crippen LogP contribution is -2.41. The van der Waals surface area contributed by atoms with Gasteiger partial charge in [-0.1, -0.05) is 0 Å². The number of carbonyl (C=O) groups is 2. The average Bonchev–Trinajstić information content (AvgIpc) is 2.30. The molecule has 1 atom stereocenters. The first-order valence-corrected chi connectivity index (χ1v) is 7.22. The molecule has 6 heteroatoms. The number of thioether (sulfide) groups is 1. The van der Waals surface area contributed by atoms with Crippen molar-refractivity contribution in [3.8, 4) is 0 Å². The molecule has 5 nitrogen and oxygen atoms in total. The number of hydrogen-bond acceptors (Lipinski definition) is 4. The van der Waals surface area contributed by atoms with Gasteiger partial charge in [-0.2, -0.15) is 11.8 Å². The van der Waals surface area contributed by atoms with Gasteiger partial charge in [-0.25, -0.2) is 0 Å². The largest absolute Gasteiger partial charge is 0.356 e. The number of hydrogen-bond donors (Lipinski definition) is 3. The third-order valence-corrected chi connectivity index (χ3v) is 3.61. The van der Waals surface area contributed by atoms with Gasteiger partial charge in [0.1, 0.15) is 0 Å². The monoisotopic (exact) mass is 259 g/mol. The molecule has 3 N–H and O–H groups in total. The standard InChI is InChI=1S/C11H21N3O2S/c1-2-12-10(15)3-4-14-11(16)7-9-8-17-6-5-13-9/h9,13H,2-8H2,1H3,(H,12,15)(H,14,16). The summed E-state index contributed by atoms with van der Waals surface area (Å²) in [5.41, 5.74) is 0. The molecule has 1 aliphatic rings. The minimum absolute atomic E-state index is 0.0147. The summed E-state index contributed by atoms with van der Waals surface area (Å²) in [6.45, 7) is 3.91. The van der Waals surface area contributed by atoms with E-state index in [1.54, 1.807) is 0 Å². The Labute approximate surface area is 106 Å². The zero-order chi connectivity index (χ0) is 12.5. The van der Waals surface area contributed by atoms with Crippen LogP contribution in [0.5, 0.6) is 0 Å². The number of carbonyl (C=O) groups excluding carboxylic acids is 2. The summed E-state index contributed by atoms with van der Waals surface area (Å²) in [5.74, 6) is 2.12. The van der Waals surface area contributed by atoms with Crippen LogP contribution in [0.1, 0.15) is 19.8 Å². The Morgan fingerprint density at radius 3 is 2.82 bits per heavy atom. The minimum atomic E-state index is -0.0147. The highest BCUT2D eigenvalue weighted by atomic mass is 32.2. The summed E-state index contributed by atoms with van der Waals surface area (Å²) < 4.78 is 0. The first-order chi connectivity index (χ1) is 8.22. The normalized spacial score (nSPS) is 19.7. The van der Waals surface area contributed by atoms with Gasteiger partial charge in [-0.05, 0) is 6.92 Å². The van der Waals surface area contributed by atoms with Crippen molar-refractivity contribution in [1.29, 1.82) is 0 Å². The second kappa shape index (κ2) is 8.36. The van der Waals surface area contributed by atoms with E-state index >= 15 is 0 Å². The number of nitrogens with one attached hydrogen (secondary N) is 3. The van der Waals surface area contributed by atoms with Gasteiger partial charge in [-0.15, -0.1) is 0 Å². The van der Waals surface area contributed by atoms with E-state index < -0.39 is 0 Å². The van der Waals surface area contributed by atoms with Crippen molar-refractivity contribution in [2.45, 2.75) is 25.8 Å². The van der Waals surface area contributed by atoms with E-state index in [4.69, 9.17) is 0 Å². The molecule has 0 aliphatic carbocycles. The van der Waals surface area contributed by atoms with E-state index in [0.717, 1.165) is 18.1 Å². The Balaban J connectivity index is 2.06. The Hall–Kier alpha value is -0.750. The van der Waals surface area contributed by atoms with Crippen molar-refractivity contribution < 1.29 is 9.59 Å². The molecular formula is C11H21N3O2S. The Kier molecular flexibility index (Phi) is 7.04. The van der Waals surface area contributed by atoms with Crippen molar-refractivity contribution in [3.05, 3.63) is 0 Å². The highest BCUT2D eigenvalue weighted by Gasteiger charge is 2.16. The summed E-state index contributed by atoms with van der Waals surface area (Å²) in [7, 11) is 0. The van der Waals surface area contributed by atoms with Gasteiger partial charge in [-0.3, -0.25) is 9.59 Å². The molecule has 0 aromatic heterocycles. The zero-order valence-electron chi connectivity index (χ0n) is 10.3. The maximum atomic E-state index is 11.6. The maximum Gasteiger partial charge on any atom is 0.221 e. The van der Waals surface area contributed by atoms with Crippen LogP contribution in [0.4, 0.5) is 0 Å². The molecule has 1 fully saturated rings. The third-order valence-electron chi connectivity index (χ3n) is 2.48. The predicted octanol–water partition coefficient (Wildman–Crippen LogP) is -0.276. The molecule has 0 aromatic rings. The van der Waals surface area contributed by atoms with Gasteiger partial charge in [0.05, 0.1) is 0 Å². The van der Waals surface area contributed by atoms with Crippen molar-refractivity contribution >= 4 is 23.6 Å². The zero-order valence-corrected chi connectivity index (χ0v) is 11.1. The summed E-state index contributed by atoms with van der Waals surface area (Å²) in [4.78, 5) is 22.7. The van der Waals surface area contributed by atoms with Gasteiger partial charge >= 0.3 is 0 Å². The van der Waals surface area contributed by atoms with Crippen LogP contribution in [-0.2, 0) is 9.59 Å². The lowest BCUT2D eigenvalue weighted by Gasteiger charge is -2.22. The summed E-state index contributed by atoms with van der Waals surface area (Å²) in [6, 6.07) is 0.276. The van der Waals surface area contributed by atoms with Gasteiger partial charge in [0.25, 0.3) is 0 Å². The van der Waals surface area contributed by atoms with Crippen LogP contribution >= 0.6 is 11.8 Å². The Morgan fingerprint density at radius 2 is 2.18 bits per heavy atom. The molecule has 1 aliphatic heterocycles. The van der Waals surface area contributed by atoms with Crippen molar-refractivity contribution in [2.75, 3.05) is 31.1 Å². The summed E-state index contributed by atoms with van der Waals surface area (Å²) >= 11 is 1.87. The summed E-state index contributed by atoms with van der Waals surface area (Å²) in [5, 5.41) is 8.77. The minimum Gasteiger partial charge on any atom is -0.356 e. The quantitative estimate of drug-likeness (QED) is 0.614. The van der Waals surface area contributed by atoms with Gasteiger partial charge in [0.2, 0.25) is 11.8 Å². The molecule has 17 heavy (non-hydrogen) atoms. The molecule has 1 rings (SSSR count).